The summed E-state index contributed by atoms with van der Waals surface area (Å²) in [7, 11) is 0. The van der Waals surface area contributed by atoms with Gasteiger partial charge in [-0.05, 0) is 36.5 Å². The minimum absolute atomic E-state index is 0.239. The molecule has 1 aromatic rings. The first-order chi connectivity index (χ1) is 12.0. The summed E-state index contributed by atoms with van der Waals surface area (Å²) >= 11 is 0. The first kappa shape index (κ1) is 18.5. The third-order valence-electron chi connectivity index (χ3n) is 4.93. The molecule has 0 spiro atoms. The van der Waals surface area contributed by atoms with Crippen LogP contribution in [-0.4, -0.2) is 44.6 Å². The number of morpholine rings is 1. The molecule has 1 saturated carbocycles. The summed E-state index contributed by atoms with van der Waals surface area (Å²) in [4.78, 5) is 0. The van der Waals surface area contributed by atoms with Crippen molar-refractivity contribution < 1.29 is 22.6 Å². The highest BCUT2D eigenvalue weighted by atomic mass is 19.4. The third-order valence-corrected chi connectivity index (χ3v) is 4.93. The van der Waals surface area contributed by atoms with Crippen molar-refractivity contribution in [1.82, 2.24) is 10.6 Å². The number of hydrogen-bond donors (Lipinski definition) is 2. The van der Waals surface area contributed by atoms with Gasteiger partial charge in [0.1, 0.15) is 5.75 Å². The van der Waals surface area contributed by atoms with E-state index in [2.05, 4.69) is 10.6 Å². The van der Waals surface area contributed by atoms with Crippen LogP contribution in [0.2, 0.25) is 0 Å². The van der Waals surface area contributed by atoms with Gasteiger partial charge in [-0.3, -0.25) is 0 Å². The summed E-state index contributed by atoms with van der Waals surface area (Å²) in [5, 5.41) is 7.15. The molecule has 2 aliphatic rings. The minimum atomic E-state index is -4.31. The molecular weight excluding hydrogens is 333 g/mol. The maximum atomic E-state index is 12.2. The fourth-order valence-corrected chi connectivity index (χ4v) is 3.70. The molecule has 2 fully saturated rings. The van der Waals surface area contributed by atoms with E-state index in [0.717, 1.165) is 31.7 Å². The molecule has 3 atom stereocenters. The third kappa shape index (κ3) is 5.59. The number of alkyl halides is 3. The quantitative estimate of drug-likeness (QED) is 0.821. The van der Waals surface area contributed by atoms with Crippen LogP contribution in [0.1, 0.15) is 24.8 Å². The van der Waals surface area contributed by atoms with E-state index in [0.29, 0.717) is 24.5 Å². The number of rotatable bonds is 6. The molecule has 0 radical (unpaired) electrons. The van der Waals surface area contributed by atoms with Crippen molar-refractivity contribution in [2.45, 2.75) is 44.1 Å². The highest BCUT2D eigenvalue weighted by Crippen LogP contribution is 2.29. The van der Waals surface area contributed by atoms with Crippen LogP contribution < -0.4 is 15.4 Å². The maximum absolute atomic E-state index is 12.2. The Bertz CT molecular complexity index is 530. The van der Waals surface area contributed by atoms with Crippen LogP contribution in [0, 0.1) is 5.92 Å². The molecule has 0 aromatic heterocycles. The van der Waals surface area contributed by atoms with Gasteiger partial charge in [0, 0.05) is 25.2 Å². The zero-order chi connectivity index (χ0) is 17.7. The average Bonchev–Trinajstić information content (AvgIpc) is 3.08. The molecule has 25 heavy (non-hydrogen) atoms. The lowest BCUT2D eigenvalue weighted by molar-refractivity contribution is -0.153. The Labute approximate surface area is 146 Å². The average molecular weight is 358 g/mol. The molecule has 0 amide bonds. The van der Waals surface area contributed by atoms with Crippen molar-refractivity contribution in [2.75, 3.05) is 26.4 Å². The van der Waals surface area contributed by atoms with Gasteiger partial charge in [-0.1, -0.05) is 18.6 Å². The van der Waals surface area contributed by atoms with Crippen LogP contribution in [0.15, 0.2) is 24.3 Å². The monoisotopic (exact) mass is 358 g/mol. The Kier molecular flexibility index (Phi) is 6.19. The van der Waals surface area contributed by atoms with E-state index < -0.39 is 12.8 Å². The van der Waals surface area contributed by atoms with Gasteiger partial charge in [0.25, 0.3) is 0 Å². The Morgan fingerprint density at radius 1 is 1.20 bits per heavy atom. The first-order valence-corrected chi connectivity index (χ1v) is 8.84. The second kappa shape index (κ2) is 8.38. The highest BCUT2D eigenvalue weighted by Gasteiger charge is 2.34. The number of halogens is 3. The van der Waals surface area contributed by atoms with Crippen molar-refractivity contribution in [3.05, 3.63) is 29.8 Å². The largest absolute Gasteiger partial charge is 0.484 e. The van der Waals surface area contributed by atoms with Crippen LogP contribution in [0.3, 0.4) is 0 Å². The van der Waals surface area contributed by atoms with Gasteiger partial charge in [0.15, 0.2) is 6.61 Å². The Morgan fingerprint density at radius 2 is 2.00 bits per heavy atom. The molecule has 1 saturated heterocycles. The summed E-state index contributed by atoms with van der Waals surface area (Å²) in [5.41, 5.74) is 1.04. The van der Waals surface area contributed by atoms with Crippen LogP contribution in [-0.2, 0) is 11.3 Å². The lowest BCUT2D eigenvalue weighted by Gasteiger charge is -2.33. The molecule has 4 nitrogen and oxygen atoms in total. The van der Waals surface area contributed by atoms with Crippen LogP contribution in [0.4, 0.5) is 13.2 Å². The van der Waals surface area contributed by atoms with E-state index in [1.807, 2.05) is 12.1 Å². The summed E-state index contributed by atoms with van der Waals surface area (Å²) in [6.45, 7) is 1.91. The van der Waals surface area contributed by atoms with E-state index in [1.165, 1.54) is 12.8 Å². The molecular formula is C18H25F3N2O2. The maximum Gasteiger partial charge on any atom is 0.422 e. The zero-order valence-electron chi connectivity index (χ0n) is 14.1. The van der Waals surface area contributed by atoms with Gasteiger partial charge in [-0.25, -0.2) is 0 Å². The summed E-state index contributed by atoms with van der Waals surface area (Å²) in [6.07, 6.45) is -0.752. The standard InChI is InChI=1S/C18H25F3N2O2/c19-18(20,21)12-25-14-6-4-13(5-7-14)10-23-16-3-1-2-15(16)17-11-24-9-8-22-17/h4-7,15-17,22-23H,1-3,8-12H2. The molecule has 1 aliphatic heterocycles. The van der Waals surface area contributed by atoms with Crippen molar-refractivity contribution in [2.24, 2.45) is 5.92 Å². The fourth-order valence-electron chi connectivity index (χ4n) is 3.70. The summed E-state index contributed by atoms with van der Waals surface area (Å²) in [5.74, 6) is 0.804. The van der Waals surface area contributed by atoms with Gasteiger partial charge in [-0.2, -0.15) is 13.2 Å². The van der Waals surface area contributed by atoms with Crippen molar-refractivity contribution in [1.29, 1.82) is 0 Å². The zero-order valence-corrected chi connectivity index (χ0v) is 14.1. The molecule has 0 bridgehead atoms. The van der Waals surface area contributed by atoms with E-state index in [9.17, 15) is 13.2 Å². The topological polar surface area (TPSA) is 42.5 Å². The SMILES string of the molecule is FC(F)(F)COc1ccc(CNC2CCCC2C2COCCN2)cc1. The fraction of sp³-hybridized carbons (Fsp3) is 0.667. The molecule has 1 aliphatic carbocycles. The molecule has 3 rings (SSSR count). The summed E-state index contributed by atoms with van der Waals surface area (Å²) < 4.78 is 46.8. The second-order valence-corrected chi connectivity index (χ2v) is 6.77. The Hall–Kier alpha value is -1.31. The van der Waals surface area contributed by atoms with Crippen LogP contribution >= 0.6 is 0 Å². The second-order valence-electron chi connectivity index (χ2n) is 6.77. The molecule has 1 heterocycles. The van der Waals surface area contributed by atoms with Crippen LogP contribution in [0.25, 0.3) is 0 Å². The Morgan fingerprint density at radius 3 is 2.68 bits per heavy atom. The minimum Gasteiger partial charge on any atom is -0.484 e. The molecule has 7 heteroatoms. The molecule has 2 N–H and O–H groups in total. The highest BCUT2D eigenvalue weighted by molar-refractivity contribution is 5.27. The van der Waals surface area contributed by atoms with E-state index in [1.54, 1.807) is 12.1 Å². The summed E-state index contributed by atoms with van der Waals surface area (Å²) in [6, 6.07) is 7.65. The van der Waals surface area contributed by atoms with Gasteiger partial charge < -0.3 is 20.1 Å². The predicted octanol–water partition coefficient (Wildman–Crippen LogP) is 2.87. The van der Waals surface area contributed by atoms with E-state index >= 15 is 0 Å². The smallest absolute Gasteiger partial charge is 0.422 e. The lowest BCUT2D eigenvalue weighted by Crippen LogP contribution is -2.50. The lowest BCUT2D eigenvalue weighted by atomic mass is 9.94. The predicted molar refractivity (Wildman–Crippen MR) is 88.6 cm³/mol. The normalized spacial score (nSPS) is 27.4. The van der Waals surface area contributed by atoms with E-state index in [-0.39, 0.29) is 5.75 Å². The van der Waals surface area contributed by atoms with Crippen molar-refractivity contribution >= 4 is 0 Å². The number of ether oxygens (including phenoxy) is 2. The van der Waals surface area contributed by atoms with Crippen molar-refractivity contribution in [3.63, 3.8) is 0 Å². The van der Waals surface area contributed by atoms with Crippen LogP contribution in [0.5, 0.6) is 5.75 Å². The van der Waals surface area contributed by atoms with Gasteiger partial charge in [0.05, 0.1) is 13.2 Å². The molecule has 3 unspecified atom stereocenters. The number of hydrogen-bond acceptors (Lipinski definition) is 4. The van der Waals surface area contributed by atoms with Gasteiger partial charge in [-0.15, -0.1) is 0 Å². The first-order valence-electron chi connectivity index (χ1n) is 8.84. The van der Waals surface area contributed by atoms with E-state index in [4.69, 9.17) is 9.47 Å². The molecule has 140 valence electrons. The van der Waals surface area contributed by atoms with Gasteiger partial charge in [0.2, 0.25) is 0 Å². The van der Waals surface area contributed by atoms with Crippen molar-refractivity contribution in [3.8, 4) is 5.75 Å². The van der Waals surface area contributed by atoms with Gasteiger partial charge >= 0.3 is 6.18 Å². The number of nitrogens with one attached hydrogen (secondary N) is 2. The Balaban J connectivity index is 1.47. The molecule has 1 aromatic carbocycles. The number of benzene rings is 1.